The first-order valence-corrected chi connectivity index (χ1v) is 11.0. The fraction of sp³-hybridized carbons (Fsp3) is 0.480. The van der Waals surface area contributed by atoms with Crippen LogP contribution in [0.2, 0.25) is 0 Å². The summed E-state index contributed by atoms with van der Waals surface area (Å²) in [7, 11) is 0. The van der Waals surface area contributed by atoms with E-state index in [1.165, 1.54) is 22.4 Å². The van der Waals surface area contributed by atoms with Crippen LogP contribution in [0.1, 0.15) is 62.2 Å². The highest BCUT2D eigenvalue weighted by Gasteiger charge is 2.35. The Labute approximate surface area is 172 Å². The van der Waals surface area contributed by atoms with E-state index < -0.39 is 0 Å². The molecule has 0 saturated heterocycles. The first kappa shape index (κ1) is 18.8. The zero-order chi connectivity index (χ0) is 19.6. The third-order valence-electron chi connectivity index (χ3n) is 6.95. The number of aliphatic hydroxyl groups excluding tert-OH is 1. The molecule has 1 saturated carbocycles. The maximum Gasteiger partial charge on any atom is 0.0956 e. The van der Waals surface area contributed by atoms with Crippen LogP contribution in [0.5, 0.6) is 0 Å². The molecule has 29 heavy (non-hydrogen) atoms. The summed E-state index contributed by atoms with van der Waals surface area (Å²) in [6.45, 7) is 0.689. The first-order chi connectivity index (χ1) is 14.3. The maximum atomic E-state index is 11.1. The van der Waals surface area contributed by atoms with E-state index in [0.29, 0.717) is 18.6 Å². The molecule has 1 aliphatic heterocycles. The second-order valence-corrected chi connectivity index (χ2v) is 8.72. The summed E-state index contributed by atoms with van der Waals surface area (Å²) in [5.41, 5.74) is 5.27. The zero-order valence-electron chi connectivity index (χ0n) is 16.9. The molecule has 2 aliphatic carbocycles. The molecule has 2 heterocycles. The lowest BCUT2D eigenvalue weighted by atomic mass is 9.80. The number of aromatic nitrogens is 2. The number of benzene rings is 1. The van der Waals surface area contributed by atoms with Crippen molar-refractivity contribution in [1.82, 2.24) is 9.55 Å². The molecular weight excluding hydrogens is 360 g/mol. The van der Waals surface area contributed by atoms with Crippen LogP contribution in [-0.2, 0) is 11.3 Å². The van der Waals surface area contributed by atoms with Crippen LogP contribution in [0, 0.1) is 5.92 Å². The molecule has 1 N–H and O–H groups in total. The van der Waals surface area contributed by atoms with Crippen LogP contribution >= 0.6 is 0 Å². The molecule has 4 nitrogen and oxygen atoms in total. The number of rotatable bonds is 6. The van der Waals surface area contributed by atoms with Crippen LogP contribution in [0.4, 0.5) is 0 Å². The van der Waals surface area contributed by atoms with Crippen molar-refractivity contribution in [2.75, 3.05) is 0 Å². The molecule has 2 atom stereocenters. The standard InChI is InChI=1S/C25H30N2O2/c28-25(14-23-21-8-4-5-9-22(21)24-15-26-17-27(23)24)19-10-12-20(13-11-19)29-16-18-6-2-1-3-7-18/h1-3,5-7,9,15,17,19-20,23,25,28H,4,8,10-14,16H2. The van der Waals surface area contributed by atoms with Crippen molar-refractivity contribution in [3.8, 4) is 0 Å². The highest BCUT2D eigenvalue weighted by Crippen LogP contribution is 2.44. The second-order valence-electron chi connectivity index (χ2n) is 8.72. The van der Waals surface area contributed by atoms with E-state index in [1.807, 2.05) is 18.6 Å². The van der Waals surface area contributed by atoms with Crippen LogP contribution in [0.25, 0.3) is 5.57 Å². The summed E-state index contributed by atoms with van der Waals surface area (Å²) in [5.74, 6) is 0.377. The van der Waals surface area contributed by atoms with Crippen molar-refractivity contribution in [1.29, 1.82) is 0 Å². The molecule has 1 aromatic heterocycles. The van der Waals surface area contributed by atoms with Gasteiger partial charge in [-0.3, -0.25) is 0 Å². The van der Waals surface area contributed by atoms with Crippen LogP contribution < -0.4 is 0 Å². The fourth-order valence-electron chi connectivity index (χ4n) is 5.31. The third-order valence-corrected chi connectivity index (χ3v) is 6.95. The Morgan fingerprint density at radius 1 is 1.14 bits per heavy atom. The van der Waals surface area contributed by atoms with Crippen LogP contribution in [-0.4, -0.2) is 26.9 Å². The maximum absolute atomic E-state index is 11.1. The van der Waals surface area contributed by atoms with E-state index in [0.717, 1.165) is 44.9 Å². The van der Waals surface area contributed by atoms with Gasteiger partial charge in [-0.25, -0.2) is 4.98 Å². The largest absolute Gasteiger partial charge is 0.393 e. The van der Waals surface area contributed by atoms with Gasteiger partial charge in [-0.05, 0) is 62.0 Å². The highest BCUT2D eigenvalue weighted by molar-refractivity contribution is 5.79. The lowest BCUT2D eigenvalue weighted by Crippen LogP contribution is -2.31. The molecule has 5 rings (SSSR count). The predicted octanol–water partition coefficient (Wildman–Crippen LogP) is 5.07. The molecule has 4 heteroatoms. The molecule has 0 amide bonds. The van der Waals surface area contributed by atoms with E-state index in [4.69, 9.17) is 4.74 Å². The Balaban J connectivity index is 1.16. The fourth-order valence-corrected chi connectivity index (χ4v) is 5.31. The van der Waals surface area contributed by atoms with Crippen molar-refractivity contribution >= 4 is 5.57 Å². The number of hydrogen-bond acceptors (Lipinski definition) is 3. The minimum absolute atomic E-state index is 0.261. The van der Waals surface area contributed by atoms with Gasteiger partial charge in [0.05, 0.1) is 43.1 Å². The number of nitrogens with zero attached hydrogens (tertiary/aromatic N) is 2. The van der Waals surface area contributed by atoms with Gasteiger partial charge >= 0.3 is 0 Å². The highest BCUT2D eigenvalue weighted by atomic mass is 16.5. The van der Waals surface area contributed by atoms with E-state index >= 15 is 0 Å². The SMILES string of the molecule is OC(CC1C2=C(C=CCC2)c2cncn21)C1CCC(OCc2ccccc2)CC1. The summed E-state index contributed by atoms with van der Waals surface area (Å²) in [4.78, 5) is 4.36. The van der Waals surface area contributed by atoms with Gasteiger partial charge in [-0.1, -0.05) is 42.5 Å². The third kappa shape index (κ3) is 3.84. The second kappa shape index (κ2) is 8.29. The monoisotopic (exact) mass is 390 g/mol. The topological polar surface area (TPSA) is 47.3 Å². The van der Waals surface area contributed by atoms with Gasteiger partial charge in [0, 0.05) is 5.57 Å². The summed E-state index contributed by atoms with van der Waals surface area (Å²) in [6, 6.07) is 10.7. The predicted molar refractivity (Wildman–Crippen MR) is 114 cm³/mol. The molecule has 0 bridgehead atoms. The van der Waals surface area contributed by atoms with Gasteiger partial charge in [0.1, 0.15) is 0 Å². The Morgan fingerprint density at radius 2 is 1.97 bits per heavy atom. The average Bonchev–Trinajstić information content (AvgIpc) is 3.36. The smallest absolute Gasteiger partial charge is 0.0956 e. The number of fused-ring (bicyclic) bond motifs is 2. The number of hydrogen-bond donors (Lipinski definition) is 1. The van der Waals surface area contributed by atoms with Crippen LogP contribution in [0.3, 0.4) is 0 Å². The summed E-state index contributed by atoms with van der Waals surface area (Å²) >= 11 is 0. The van der Waals surface area contributed by atoms with Gasteiger partial charge < -0.3 is 14.4 Å². The molecule has 0 spiro atoms. The van der Waals surface area contributed by atoms with Crippen molar-refractivity contribution in [3.05, 3.63) is 71.8 Å². The Hall–Kier alpha value is -2.17. The molecule has 2 unspecified atom stereocenters. The lowest BCUT2D eigenvalue weighted by Gasteiger charge is -2.33. The number of ether oxygens (including phenoxy) is 1. The minimum Gasteiger partial charge on any atom is -0.393 e. The Bertz CT molecular complexity index is 891. The Kier molecular flexibility index (Phi) is 5.38. The summed E-state index contributed by atoms with van der Waals surface area (Å²) < 4.78 is 8.40. The van der Waals surface area contributed by atoms with Crippen LogP contribution in [0.15, 0.2) is 60.6 Å². The number of imidazole rings is 1. The van der Waals surface area contributed by atoms with E-state index in [1.54, 1.807) is 0 Å². The normalized spacial score (nSPS) is 27.0. The molecule has 1 fully saturated rings. The van der Waals surface area contributed by atoms with Gasteiger partial charge in [-0.15, -0.1) is 0 Å². The van der Waals surface area contributed by atoms with Gasteiger partial charge in [-0.2, -0.15) is 0 Å². The summed E-state index contributed by atoms with van der Waals surface area (Å²) in [6.07, 6.45) is 15.7. The van der Waals surface area contributed by atoms with Crippen molar-refractivity contribution < 1.29 is 9.84 Å². The molecule has 3 aliphatic rings. The van der Waals surface area contributed by atoms with Crippen molar-refractivity contribution in [2.45, 2.75) is 69.8 Å². The molecule has 152 valence electrons. The van der Waals surface area contributed by atoms with Gasteiger partial charge in [0.25, 0.3) is 0 Å². The van der Waals surface area contributed by atoms with E-state index in [2.05, 4.69) is 46.0 Å². The molecule has 2 aromatic rings. The molecule has 1 aromatic carbocycles. The average molecular weight is 391 g/mol. The van der Waals surface area contributed by atoms with E-state index in [-0.39, 0.29) is 12.1 Å². The van der Waals surface area contributed by atoms with Gasteiger partial charge in [0.2, 0.25) is 0 Å². The molecule has 0 radical (unpaired) electrons. The number of allylic oxidation sites excluding steroid dienone is 4. The Morgan fingerprint density at radius 3 is 2.79 bits per heavy atom. The summed E-state index contributed by atoms with van der Waals surface area (Å²) in [5, 5.41) is 11.1. The zero-order valence-corrected chi connectivity index (χ0v) is 16.9. The van der Waals surface area contributed by atoms with Crippen molar-refractivity contribution in [2.24, 2.45) is 5.92 Å². The first-order valence-electron chi connectivity index (χ1n) is 11.0. The molecular formula is C25H30N2O2. The number of aliphatic hydroxyl groups is 1. The van der Waals surface area contributed by atoms with E-state index in [9.17, 15) is 5.11 Å². The van der Waals surface area contributed by atoms with Gasteiger partial charge in [0.15, 0.2) is 0 Å². The lowest BCUT2D eigenvalue weighted by molar-refractivity contribution is -0.0161. The quantitative estimate of drug-likeness (QED) is 0.749. The van der Waals surface area contributed by atoms with Crippen molar-refractivity contribution in [3.63, 3.8) is 0 Å². The minimum atomic E-state index is -0.261.